The molecule has 0 bridgehead atoms. The van der Waals surface area contributed by atoms with Gasteiger partial charge in [-0.05, 0) is 30.3 Å². The fraction of sp³-hybridized carbons (Fsp3) is 0. The first kappa shape index (κ1) is 15.0. The summed E-state index contributed by atoms with van der Waals surface area (Å²) in [7, 11) is -4.41. The Labute approximate surface area is 125 Å². The zero-order valence-corrected chi connectivity index (χ0v) is 12.2. The van der Waals surface area contributed by atoms with Gasteiger partial charge in [0.1, 0.15) is 4.90 Å². The monoisotopic (exact) mass is 330 g/mol. The average molecular weight is 331 g/mol. The molecule has 0 atom stereocenters. The van der Waals surface area contributed by atoms with Gasteiger partial charge >= 0.3 is 0 Å². The fourth-order valence-corrected chi connectivity index (χ4v) is 2.86. The van der Waals surface area contributed by atoms with Crippen LogP contribution in [0.5, 0.6) is 0 Å². The SMILES string of the molecule is O=C(c1cccc(Cl)c1)c1ccc(S(=O)(=O)O)c(Cl)c1. The summed E-state index contributed by atoms with van der Waals surface area (Å²) < 4.78 is 31.0. The lowest BCUT2D eigenvalue weighted by Gasteiger charge is -2.05. The maximum Gasteiger partial charge on any atom is 0.296 e. The smallest absolute Gasteiger partial charge is 0.289 e. The predicted octanol–water partition coefficient (Wildman–Crippen LogP) is 3.47. The van der Waals surface area contributed by atoms with Gasteiger partial charge in [0.25, 0.3) is 10.1 Å². The van der Waals surface area contributed by atoms with E-state index in [2.05, 4.69) is 0 Å². The van der Waals surface area contributed by atoms with Crippen LogP contribution < -0.4 is 0 Å². The molecule has 20 heavy (non-hydrogen) atoms. The third kappa shape index (κ3) is 3.19. The highest BCUT2D eigenvalue weighted by Crippen LogP contribution is 2.24. The topological polar surface area (TPSA) is 71.4 Å². The Morgan fingerprint density at radius 3 is 2.20 bits per heavy atom. The second-order valence-electron chi connectivity index (χ2n) is 3.96. The van der Waals surface area contributed by atoms with E-state index < -0.39 is 15.0 Å². The van der Waals surface area contributed by atoms with Crippen LogP contribution in [-0.2, 0) is 10.1 Å². The van der Waals surface area contributed by atoms with E-state index in [-0.39, 0.29) is 16.4 Å². The zero-order valence-electron chi connectivity index (χ0n) is 9.88. The summed E-state index contributed by atoms with van der Waals surface area (Å²) >= 11 is 11.6. The lowest BCUT2D eigenvalue weighted by Crippen LogP contribution is -2.04. The molecule has 7 heteroatoms. The minimum atomic E-state index is -4.41. The highest BCUT2D eigenvalue weighted by molar-refractivity contribution is 7.86. The highest BCUT2D eigenvalue weighted by atomic mass is 35.5. The number of benzene rings is 2. The predicted molar refractivity (Wildman–Crippen MR) is 76.2 cm³/mol. The van der Waals surface area contributed by atoms with Crippen molar-refractivity contribution in [3.8, 4) is 0 Å². The molecule has 0 unspecified atom stereocenters. The normalized spacial score (nSPS) is 11.3. The molecule has 4 nitrogen and oxygen atoms in total. The molecule has 0 saturated carbocycles. The Morgan fingerprint density at radius 1 is 1.00 bits per heavy atom. The summed E-state index contributed by atoms with van der Waals surface area (Å²) in [6.45, 7) is 0. The van der Waals surface area contributed by atoms with Gasteiger partial charge in [0, 0.05) is 16.1 Å². The van der Waals surface area contributed by atoms with Crippen LogP contribution in [0.1, 0.15) is 15.9 Å². The Hall–Kier alpha value is -1.40. The van der Waals surface area contributed by atoms with Gasteiger partial charge < -0.3 is 0 Å². The zero-order chi connectivity index (χ0) is 14.9. The van der Waals surface area contributed by atoms with Crippen molar-refractivity contribution in [2.75, 3.05) is 0 Å². The molecule has 0 amide bonds. The first-order valence-electron chi connectivity index (χ1n) is 5.36. The summed E-state index contributed by atoms with van der Waals surface area (Å²) in [4.78, 5) is 11.7. The van der Waals surface area contributed by atoms with Crippen molar-refractivity contribution >= 4 is 39.1 Å². The average Bonchev–Trinajstić information content (AvgIpc) is 2.36. The summed E-state index contributed by atoms with van der Waals surface area (Å²) in [5.41, 5.74) is 0.554. The van der Waals surface area contributed by atoms with Crippen molar-refractivity contribution in [3.05, 3.63) is 63.6 Å². The number of rotatable bonds is 3. The van der Waals surface area contributed by atoms with E-state index in [1.807, 2.05) is 0 Å². The quantitative estimate of drug-likeness (QED) is 0.690. The van der Waals surface area contributed by atoms with E-state index in [9.17, 15) is 13.2 Å². The van der Waals surface area contributed by atoms with Gasteiger partial charge in [-0.15, -0.1) is 0 Å². The van der Waals surface area contributed by atoms with Gasteiger partial charge in [0.15, 0.2) is 5.78 Å². The second-order valence-corrected chi connectivity index (χ2v) is 6.19. The van der Waals surface area contributed by atoms with E-state index in [0.717, 1.165) is 6.07 Å². The first-order valence-corrected chi connectivity index (χ1v) is 7.56. The molecule has 0 aliphatic heterocycles. The number of ketones is 1. The fourth-order valence-electron chi connectivity index (χ4n) is 1.65. The Kier molecular flexibility index (Phi) is 4.15. The maximum atomic E-state index is 12.2. The summed E-state index contributed by atoms with van der Waals surface area (Å²) in [6, 6.07) is 9.88. The first-order chi connectivity index (χ1) is 9.29. The van der Waals surface area contributed by atoms with Crippen LogP contribution in [0.2, 0.25) is 10.0 Å². The van der Waals surface area contributed by atoms with Crippen molar-refractivity contribution in [3.63, 3.8) is 0 Å². The van der Waals surface area contributed by atoms with Crippen LogP contribution >= 0.6 is 23.2 Å². The molecule has 2 aromatic rings. The molecular weight excluding hydrogens is 323 g/mol. The third-order valence-electron chi connectivity index (χ3n) is 2.56. The largest absolute Gasteiger partial charge is 0.296 e. The van der Waals surface area contributed by atoms with Gasteiger partial charge in [-0.25, -0.2) is 0 Å². The highest BCUT2D eigenvalue weighted by Gasteiger charge is 2.17. The lowest BCUT2D eigenvalue weighted by molar-refractivity contribution is 0.103. The van der Waals surface area contributed by atoms with E-state index >= 15 is 0 Å². The number of carbonyl (C=O) groups is 1. The van der Waals surface area contributed by atoms with Crippen molar-refractivity contribution in [2.45, 2.75) is 4.90 Å². The van der Waals surface area contributed by atoms with E-state index in [0.29, 0.717) is 10.6 Å². The molecule has 0 fully saturated rings. The molecule has 1 N–H and O–H groups in total. The molecule has 0 aliphatic rings. The van der Waals surface area contributed by atoms with Gasteiger partial charge in [0.05, 0.1) is 5.02 Å². The molecule has 0 aromatic heterocycles. The van der Waals surface area contributed by atoms with Crippen molar-refractivity contribution in [1.29, 1.82) is 0 Å². The third-order valence-corrected chi connectivity index (χ3v) is 4.13. The molecule has 104 valence electrons. The van der Waals surface area contributed by atoms with Gasteiger partial charge in [-0.2, -0.15) is 8.42 Å². The summed E-state index contributed by atoms with van der Waals surface area (Å²) in [5, 5.41) is 0.192. The van der Waals surface area contributed by atoms with Crippen LogP contribution in [0.25, 0.3) is 0 Å². The van der Waals surface area contributed by atoms with Gasteiger partial charge in [-0.1, -0.05) is 35.3 Å². The summed E-state index contributed by atoms with van der Waals surface area (Å²) in [6.07, 6.45) is 0. The van der Waals surface area contributed by atoms with Crippen molar-refractivity contribution in [2.24, 2.45) is 0 Å². The standard InChI is InChI=1S/C13H8Cl2O4S/c14-10-3-1-2-8(6-10)13(16)9-4-5-12(11(15)7-9)20(17,18)19/h1-7H,(H,17,18,19). The molecule has 0 heterocycles. The number of hydrogen-bond acceptors (Lipinski definition) is 3. The summed E-state index contributed by atoms with van der Waals surface area (Å²) in [5.74, 6) is -0.351. The molecule has 2 rings (SSSR count). The van der Waals surface area contributed by atoms with E-state index in [1.54, 1.807) is 18.2 Å². The van der Waals surface area contributed by atoms with Gasteiger partial charge in [-0.3, -0.25) is 9.35 Å². The van der Waals surface area contributed by atoms with Crippen LogP contribution in [0.3, 0.4) is 0 Å². The minimum absolute atomic E-state index is 0.199. The van der Waals surface area contributed by atoms with Crippen LogP contribution in [-0.4, -0.2) is 18.8 Å². The van der Waals surface area contributed by atoms with Gasteiger partial charge in [0.2, 0.25) is 0 Å². The Bertz CT molecular complexity index is 785. The molecule has 0 aliphatic carbocycles. The molecule has 0 saturated heterocycles. The number of hydrogen-bond donors (Lipinski definition) is 1. The van der Waals surface area contributed by atoms with E-state index in [4.69, 9.17) is 27.8 Å². The maximum absolute atomic E-state index is 12.2. The molecule has 0 spiro atoms. The second kappa shape index (κ2) is 5.54. The van der Waals surface area contributed by atoms with Crippen molar-refractivity contribution in [1.82, 2.24) is 0 Å². The van der Waals surface area contributed by atoms with E-state index in [1.165, 1.54) is 18.2 Å². The Balaban J connectivity index is 2.45. The molecular formula is C13H8Cl2O4S. The molecule has 0 radical (unpaired) electrons. The number of carbonyl (C=O) groups excluding carboxylic acids is 1. The van der Waals surface area contributed by atoms with Crippen LogP contribution in [0.15, 0.2) is 47.4 Å². The molecule has 2 aromatic carbocycles. The minimum Gasteiger partial charge on any atom is -0.289 e. The van der Waals surface area contributed by atoms with Crippen molar-refractivity contribution < 1.29 is 17.8 Å². The Morgan fingerprint density at radius 2 is 1.65 bits per heavy atom. The lowest BCUT2D eigenvalue weighted by atomic mass is 10.0. The van der Waals surface area contributed by atoms with Crippen LogP contribution in [0.4, 0.5) is 0 Å². The number of halogens is 2. The van der Waals surface area contributed by atoms with Crippen LogP contribution in [0, 0.1) is 0 Å².